The summed E-state index contributed by atoms with van der Waals surface area (Å²) in [5, 5.41) is 8.88. The average molecular weight is 227 g/mol. The Labute approximate surface area is 95.1 Å². The minimum atomic E-state index is 0.130. The molecule has 0 saturated carbocycles. The molecule has 0 heterocycles. The lowest BCUT2D eigenvalue weighted by Crippen LogP contribution is -2.02. The average Bonchev–Trinajstić information content (AvgIpc) is 2.28. The van der Waals surface area contributed by atoms with Gasteiger partial charge in [0.05, 0.1) is 0 Å². The van der Waals surface area contributed by atoms with Crippen LogP contribution >= 0.6 is 11.6 Å². The highest BCUT2D eigenvalue weighted by Crippen LogP contribution is 2.18. The van der Waals surface area contributed by atoms with E-state index in [1.165, 1.54) is 5.54 Å². The zero-order valence-electron chi connectivity index (χ0n) is 8.74. The molecule has 0 radical (unpaired) electrons. The molecule has 0 unspecified atom stereocenters. The van der Waals surface area contributed by atoms with Gasteiger partial charge in [-0.3, -0.25) is 0 Å². The summed E-state index contributed by atoms with van der Waals surface area (Å²) in [4.78, 5) is 0. The van der Waals surface area contributed by atoms with Crippen LogP contribution < -0.4 is 4.74 Å². The largest absolute Gasteiger partial charge is 0.489 e. The maximum absolute atomic E-state index is 8.88. The maximum atomic E-state index is 8.88. The van der Waals surface area contributed by atoms with Crippen molar-refractivity contribution < 1.29 is 9.84 Å². The third kappa shape index (κ3) is 3.94. The van der Waals surface area contributed by atoms with E-state index in [4.69, 9.17) is 21.4 Å². The maximum Gasteiger partial charge on any atom is 0.123 e. The van der Waals surface area contributed by atoms with E-state index >= 15 is 0 Å². The van der Waals surface area contributed by atoms with E-state index in [-0.39, 0.29) is 6.61 Å². The highest BCUT2D eigenvalue weighted by Gasteiger charge is 2.01. The number of aliphatic hydroxyl groups excluding tert-OH is 1. The molecule has 82 valence electrons. The van der Waals surface area contributed by atoms with E-state index in [1.54, 1.807) is 0 Å². The van der Waals surface area contributed by atoms with Crippen LogP contribution in [0.1, 0.15) is 12.5 Å². The van der Waals surface area contributed by atoms with Gasteiger partial charge in [-0.25, -0.2) is 0 Å². The van der Waals surface area contributed by atoms with Gasteiger partial charge in [-0.1, -0.05) is 29.8 Å². The number of hydrogen-bond acceptors (Lipinski definition) is 2. The van der Waals surface area contributed by atoms with Crippen LogP contribution in [-0.2, 0) is 6.42 Å². The first-order valence-corrected chi connectivity index (χ1v) is 5.29. The molecule has 0 aliphatic carbocycles. The van der Waals surface area contributed by atoms with Crippen molar-refractivity contribution in [3.8, 4) is 5.75 Å². The van der Waals surface area contributed by atoms with Crippen molar-refractivity contribution in [1.29, 1.82) is 0 Å². The van der Waals surface area contributed by atoms with E-state index in [0.717, 1.165) is 16.9 Å². The molecule has 0 saturated heterocycles. The number of benzene rings is 1. The zero-order valence-corrected chi connectivity index (χ0v) is 9.50. The smallest absolute Gasteiger partial charge is 0.123 e. The van der Waals surface area contributed by atoms with Crippen molar-refractivity contribution >= 4 is 11.6 Å². The van der Waals surface area contributed by atoms with Gasteiger partial charge >= 0.3 is 0 Å². The molecule has 1 aromatic carbocycles. The molecule has 1 aromatic rings. The number of halogens is 1. The van der Waals surface area contributed by atoms with Crippen LogP contribution in [0.3, 0.4) is 0 Å². The Bertz CT molecular complexity index is 334. The van der Waals surface area contributed by atoms with E-state index in [0.29, 0.717) is 13.0 Å². The topological polar surface area (TPSA) is 29.5 Å². The molecule has 0 aliphatic rings. The monoisotopic (exact) mass is 226 g/mol. The summed E-state index contributed by atoms with van der Waals surface area (Å²) in [6, 6.07) is 7.69. The summed E-state index contributed by atoms with van der Waals surface area (Å²) in [7, 11) is 0. The molecule has 0 atom stereocenters. The second kappa shape index (κ2) is 6.49. The van der Waals surface area contributed by atoms with Gasteiger partial charge in [0.25, 0.3) is 0 Å². The van der Waals surface area contributed by atoms with Crippen molar-refractivity contribution in [2.45, 2.75) is 13.3 Å². The Kier molecular flexibility index (Phi) is 5.22. The Morgan fingerprint density at radius 3 is 2.87 bits per heavy atom. The minimum Gasteiger partial charge on any atom is -0.489 e. The Hall–Kier alpha value is -0.990. The Balaban J connectivity index is 2.66. The zero-order chi connectivity index (χ0) is 11.1. The fourth-order valence-electron chi connectivity index (χ4n) is 1.19. The van der Waals surface area contributed by atoms with Gasteiger partial charge in [-0.15, -0.1) is 0 Å². The van der Waals surface area contributed by atoms with E-state index in [9.17, 15) is 0 Å². The molecule has 0 fully saturated rings. The molecular formula is C12H15ClO2. The Morgan fingerprint density at radius 2 is 2.20 bits per heavy atom. The third-order valence-corrected chi connectivity index (χ3v) is 2.37. The number of aliphatic hydroxyl groups is 1. The van der Waals surface area contributed by atoms with Gasteiger partial charge in [-0.2, -0.15) is 0 Å². The van der Waals surface area contributed by atoms with Crippen LogP contribution in [0.5, 0.6) is 5.75 Å². The third-order valence-electron chi connectivity index (χ3n) is 2.00. The fourth-order valence-corrected chi connectivity index (χ4v) is 1.26. The van der Waals surface area contributed by atoms with Crippen LogP contribution in [0.4, 0.5) is 0 Å². The normalized spacial score (nSPS) is 11.5. The lowest BCUT2D eigenvalue weighted by molar-refractivity contribution is 0.294. The van der Waals surface area contributed by atoms with E-state index in [1.807, 2.05) is 31.2 Å². The summed E-state index contributed by atoms with van der Waals surface area (Å²) in [5.74, 6) is 0.810. The summed E-state index contributed by atoms with van der Waals surface area (Å²) in [6.45, 7) is 2.51. The second-order valence-electron chi connectivity index (χ2n) is 3.33. The fraction of sp³-hybridized carbons (Fsp3) is 0.333. The first-order valence-electron chi connectivity index (χ1n) is 4.85. The Morgan fingerprint density at radius 1 is 1.47 bits per heavy atom. The summed E-state index contributed by atoms with van der Waals surface area (Å²) in [6.07, 6.45) is 0.611. The summed E-state index contributed by atoms with van der Waals surface area (Å²) in [5.41, 5.74) is 3.49. The molecule has 1 rings (SSSR count). The molecule has 0 spiro atoms. The van der Waals surface area contributed by atoms with Crippen LogP contribution in [-0.4, -0.2) is 18.3 Å². The van der Waals surface area contributed by atoms with Gasteiger partial charge in [0, 0.05) is 12.1 Å². The number of ether oxygens (including phenoxy) is 1. The van der Waals surface area contributed by atoms with Crippen LogP contribution in [0.15, 0.2) is 35.4 Å². The molecule has 0 amide bonds. The van der Waals surface area contributed by atoms with Crippen LogP contribution in [0.25, 0.3) is 0 Å². The van der Waals surface area contributed by atoms with Crippen molar-refractivity contribution in [3.05, 3.63) is 40.9 Å². The van der Waals surface area contributed by atoms with Gasteiger partial charge in [0.15, 0.2) is 0 Å². The molecule has 0 bridgehead atoms. The van der Waals surface area contributed by atoms with Crippen molar-refractivity contribution in [2.75, 3.05) is 13.2 Å². The van der Waals surface area contributed by atoms with Gasteiger partial charge in [0.1, 0.15) is 12.4 Å². The van der Waals surface area contributed by atoms with Crippen LogP contribution in [0.2, 0.25) is 0 Å². The lowest BCUT2D eigenvalue weighted by atomic mass is 10.1. The number of para-hydroxylation sites is 1. The molecular weight excluding hydrogens is 212 g/mol. The van der Waals surface area contributed by atoms with Gasteiger partial charge in [0.2, 0.25) is 0 Å². The molecule has 3 heteroatoms. The predicted octanol–water partition coefficient (Wildman–Crippen LogP) is 2.74. The van der Waals surface area contributed by atoms with E-state index < -0.39 is 0 Å². The minimum absolute atomic E-state index is 0.130. The number of rotatable bonds is 5. The van der Waals surface area contributed by atoms with Gasteiger partial charge in [-0.05, 0) is 30.5 Å². The number of hydrogen-bond donors (Lipinski definition) is 1. The van der Waals surface area contributed by atoms with Crippen molar-refractivity contribution in [2.24, 2.45) is 0 Å². The van der Waals surface area contributed by atoms with Crippen molar-refractivity contribution in [1.82, 2.24) is 0 Å². The lowest BCUT2D eigenvalue weighted by Gasteiger charge is -2.10. The SMILES string of the molecule is C/C(=C/Cl)COc1ccccc1CCO. The van der Waals surface area contributed by atoms with Gasteiger partial charge < -0.3 is 9.84 Å². The highest BCUT2D eigenvalue weighted by molar-refractivity contribution is 6.25. The predicted molar refractivity (Wildman–Crippen MR) is 62.3 cm³/mol. The molecule has 0 aromatic heterocycles. The highest BCUT2D eigenvalue weighted by atomic mass is 35.5. The molecule has 1 N–H and O–H groups in total. The first kappa shape index (κ1) is 12.1. The molecule has 2 nitrogen and oxygen atoms in total. The first-order chi connectivity index (χ1) is 7.27. The molecule has 0 aliphatic heterocycles. The van der Waals surface area contributed by atoms with Crippen molar-refractivity contribution in [3.63, 3.8) is 0 Å². The van der Waals surface area contributed by atoms with E-state index in [2.05, 4.69) is 0 Å². The molecule has 15 heavy (non-hydrogen) atoms. The second-order valence-corrected chi connectivity index (χ2v) is 3.54. The summed E-state index contributed by atoms with van der Waals surface area (Å²) >= 11 is 5.54. The summed E-state index contributed by atoms with van der Waals surface area (Å²) < 4.78 is 5.58. The standard InChI is InChI=1S/C12H15ClO2/c1-10(8-13)9-15-12-5-3-2-4-11(12)6-7-14/h2-5,8,14H,6-7,9H2,1H3/b10-8-. The quantitative estimate of drug-likeness (QED) is 0.837. The van der Waals surface area contributed by atoms with Crippen LogP contribution in [0, 0.1) is 0 Å².